The molecule has 18 heavy (non-hydrogen) atoms. The van der Waals surface area contributed by atoms with Crippen molar-refractivity contribution in [3.05, 3.63) is 0 Å². The van der Waals surface area contributed by atoms with Gasteiger partial charge in [0, 0.05) is 6.04 Å². The van der Waals surface area contributed by atoms with Crippen LogP contribution in [0, 0.1) is 5.92 Å². The number of hydrogen-bond acceptors (Lipinski definition) is 2. The number of hydrogen-bond donors (Lipinski definition) is 0. The predicted molar refractivity (Wildman–Crippen MR) is 81.1 cm³/mol. The van der Waals surface area contributed by atoms with Crippen LogP contribution in [0.3, 0.4) is 0 Å². The summed E-state index contributed by atoms with van der Waals surface area (Å²) in [4.78, 5) is 5.25. The zero-order chi connectivity index (χ0) is 13.4. The van der Waals surface area contributed by atoms with Gasteiger partial charge in [-0.05, 0) is 71.2 Å². The van der Waals surface area contributed by atoms with Gasteiger partial charge in [-0.2, -0.15) is 0 Å². The highest BCUT2D eigenvalue weighted by atomic mass is 15.2. The van der Waals surface area contributed by atoms with E-state index in [-0.39, 0.29) is 0 Å². The molecule has 0 aliphatic carbocycles. The van der Waals surface area contributed by atoms with Crippen LogP contribution in [0.5, 0.6) is 0 Å². The van der Waals surface area contributed by atoms with E-state index in [9.17, 15) is 0 Å². The van der Waals surface area contributed by atoms with Gasteiger partial charge >= 0.3 is 0 Å². The molecule has 0 bridgehead atoms. The summed E-state index contributed by atoms with van der Waals surface area (Å²) in [6.45, 7) is 12.2. The summed E-state index contributed by atoms with van der Waals surface area (Å²) >= 11 is 0. The molecule has 0 saturated carbocycles. The Labute approximate surface area is 115 Å². The lowest BCUT2D eigenvalue weighted by molar-refractivity contribution is 0.117. The number of likely N-dealkylation sites (tertiary alicyclic amines) is 1. The fraction of sp³-hybridized carbons (Fsp3) is 1.00. The van der Waals surface area contributed by atoms with Crippen LogP contribution in [0.2, 0.25) is 0 Å². The van der Waals surface area contributed by atoms with Gasteiger partial charge in [0.15, 0.2) is 0 Å². The van der Waals surface area contributed by atoms with Gasteiger partial charge in [0.2, 0.25) is 0 Å². The third-order valence-electron chi connectivity index (χ3n) is 4.55. The molecule has 0 amide bonds. The Morgan fingerprint density at radius 2 is 1.83 bits per heavy atom. The molecule has 1 aliphatic rings. The first-order valence-corrected chi connectivity index (χ1v) is 8.09. The lowest BCUT2D eigenvalue weighted by Gasteiger charge is -2.37. The summed E-state index contributed by atoms with van der Waals surface area (Å²) in [5, 5.41) is 0. The first kappa shape index (κ1) is 16.0. The fourth-order valence-electron chi connectivity index (χ4n) is 2.97. The minimum absolute atomic E-state index is 0.859. The molecule has 108 valence electrons. The van der Waals surface area contributed by atoms with Gasteiger partial charge in [0.25, 0.3) is 0 Å². The molecule has 0 spiro atoms. The average molecular weight is 254 g/mol. The van der Waals surface area contributed by atoms with Gasteiger partial charge < -0.3 is 9.80 Å². The van der Waals surface area contributed by atoms with Gasteiger partial charge in [-0.15, -0.1) is 0 Å². The van der Waals surface area contributed by atoms with Gasteiger partial charge in [0.05, 0.1) is 0 Å². The maximum absolute atomic E-state index is 2.77. The normalized spacial score (nSPS) is 20.5. The minimum atomic E-state index is 0.859. The van der Waals surface area contributed by atoms with E-state index in [1.54, 1.807) is 0 Å². The summed E-state index contributed by atoms with van der Waals surface area (Å²) in [5.74, 6) is 0.908. The average Bonchev–Trinajstić information content (AvgIpc) is 2.38. The molecule has 1 aliphatic heterocycles. The van der Waals surface area contributed by atoms with E-state index in [2.05, 4.69) is 37.6 Å². The Hall–Kier alpha value is -0.0800. The molecule has 1 unspecified atom stereocenters. The topological polar surface area (TPSA) is 6.48 Å². The van der Waals surface area contributed by atoms with Crippen LogP contribution < -0.4 is 0 Å². The summed E-state index contributed by atoms with van der Waals surface area (Å²) in [6, 6.07) is 0.859. The van der Waals surface area contributed by atoms with Crippen LogP contribution in [-0.2, 0) is 0 Å². The van der Waals surface area contributed by atoms with Crippen molar-refractivity contribution in [2.45, 2.75) is 65.3 Å². The quantitative estimate of drug-likeness (QED) is 0.653. The number of nitrogens with zero attached hydrogens (tertiary/aromatic N) is 2. The minimum Gasteiger partial charge on any atom is -0.306 e. The fourth-order valence-corrected chi connectivity index (χ4v) is 2.97. The molecule has 1 saturated heterocycles. The molecule has 1 rings (SSSR count). The molecule has 0 aromatic heterocycles. The molecule has 2 nitrogen and oxygen atoms in total. The highest BCUT2D eigenvalue weighted by molar-refractivity contribution is 4.78. The molecule has 1 fully saturated rings. The Morgan fingerprint density at radius 3 is 2.39 bits per heavy atom. The molecule has 0 aromatic carbocycles. The smallest absolute Gasteiger partial charge is 0.0120 e. The summed E-state index contributed by atoms with van der Waals surface area (Å²) in [5.41, 5.74) is 0. The lowest BCUT2D eigenvalue weighted by Crippen LogP contribution is -2.44. The van der Waals surface area contributed by atoms with Crippen molar-refractivity contribution < 1.29 is 0 Å². The highest BCUT2D eigenvalue weighted by Crippen LogP contribution is 2.18. The standard InChI is InChI=1S/C16H34N2/c1-5-11-18(12-7-8-15(3)6-2)16-9-13-17(4)14-10-16/h15-16H,5-14H2,1-4H3. The SMILES string of the molecule is CCCN(CCCC(C)CC)C1CCN(C)CC1. The van der Waals surface area contributed by atoms with Gasteiger partial charge in [-0.1, -0.05) is 27.2 Å². The van der Waals surface area contributed by atoms with Crippen molar-refractivity contribution >= 4 is 0 Å². The van der Waals surface area contributed by atoms with Crippen molar-refractivity contribution in [1.82, 2.24) is 9.80 Å². The van der Waals surface area contributed by atoms with Crippen molar-refractivity contribution in [2.24, 2.45) is 5.92 Å². The van der Waals surface area contributed by atoms with Crippen LogP contribution in [0.1, 0.15) is 59.3 Å². The van der Waals surface area contributed by atoms with Crippen LogP contribution in [0.25, 0.3) is 0 Å². The largest absolute Gasteiger partial charge is 0.306 e. The third kappa shape index (κ3) is 5.71. The second-order valence-corrected chi connectivity index (χ2v) is 6.23. The Bertz CT molecular complexity index is 197. The summed E-state index contributed by atoms with van der Waals surface area (Å²) < 4.78 is 0. The van der Waals surface area contributed by atoms with Crippen molar-refractivity contribution in [3.8, 4) is 0 Å². The molecular weight excluding hydrogens is 220 g/mol. The molecule has 1 atom stereocenters. The molecule has 0 radical (unpaired) electrons. The zero-order valence-electron chi connectivity index (χ0n) is 13.1. The first-order valence-electron chi connectivity index (χ1n) is 8.09. The maximum Gasteiger partial charge on any atom is 0.0120 e. The van der Waals surface area contributed by atoms with Crippen LogP contribution >= 0.6 is 0 Å². The summed E-state index contributed by atoms with van der Waals surface area (Å²) in [6.07, 6.45) is 8.18. The summed E-state index contributed by atoms with van der Waals surface area (Å²) in [7, 11) is 2.25. The van der Waals surface area contributed by atoms with Gasteiger partial charge in [-0.3, -0.25) is 0 Å². The molecule has 0 N–H and O–H groups in total. The molecule has 1 heterocycles. The van der Waals surface area contributed by atoms with E-state index in [0.29, 0.717) is 0 Å². The molecular formula is C16H34N2. The Balaban J connectivity index is 2.30. The second-order valence-electron chi connectivity index (χ2n) is 6.23. The van der Waals surface area contributed by atoms with Gasteiger partial charge in [-0.25, -0.2) is 0 Å². The zero-order valence-corrected chi connectivity index (χ0v) is 13.1. The van der Waals surface area contributed by atoms with E-state index in [1.807, 2.05) is 0 Å². The van der Waals surface area contributed by atoms with Gasteiger partial charge in [0.1, 0.15) is 0 Å². The first-order chi connectivity index (χ1) is 8.67. The van der Waals surface area contributed by atoms with E-state index < -0.39 is 0 Å². The van der Waals surface area contributed by atoms with Crippen molar-refractivity contribution in [3.63, 3.8) is 0 Å². The second kappa shape index (κ2) is 8.92. The predicted octanol–water partition coefficient (Wildman–Crippen LogP) is 3.62. The van der Waals surface area contributed by atoms with Crippen LogP contribution in [0.15, 0.2) is 0 Å². The Morgan fingerprint density at radius 1 is 1.17 bits per heavy atom. The third-order valence-corrected chi connectivity index (χ3v) is 4.55. The van der Waals surface area contributed by atoms with Crippen LogP contribution in [0.4, 0.5) is 0 Å². The number of piperidine rings is 1. The van der Waals surface area contributed by atoms with Crippen LogP contribution in [-0.4, -0.2) is 49.1 Å². The van der Waals surface area contributed by atoms with E-state index in [4.69, 9.17) is 0 Å². The Kier molecular flexibility index (Phi) is 7.92. The van der Waals surface area contributed by atoms with Crippen molar-refractivity contribution in [2.75, 3.05) is 33.2 Å². The van der Waals surface area contributed by atoms with Crippen molar-refractivity contribution in [1.29, 1.82) is 0 Å². The number of rotatable bonds is 8. The molecule has 2 heteroatoms. The lowest BCUT2D eigenvalue weighted by atomic mass is 10.0. The van der Waals surface area contributed by atoms with E-state index in [1.165, 1.54) is 64.7 Å². The van der Waals surface area contributed by atoms with E-state index in [0.717, 1.165) is 12.0 Å². The molecule has 0 aromatic rings. The van der Waals surface area contributed by atoms with E-state index >= 15 is 0 Å². The monoisotopic (exact) mass is 254 g/mol. The maximum atomic E-state index is 2.77. The highest BCUT2D eigenvalue weighted by Gasteiger charge is 2.22.